The number of rotatable bonds is 13. The summed E-state index contributed by atoms with van der Waals surface area (Å²) in [6, 6.07) is 8.28. The van der Waals surface area contributed by atoms with Crippen molar-refractivity contribution in [3.63, 3.8) is 0 Å². The van der Waals surface area contributed by atoms with Crippen molar-refractivity contribution in [2.45, 2.75) is 83.9 Å². The Balaban J connectivity index is 1.92. The lowest BCUT2D eigenvalue weighted by Crippen LogP contribution is -2.46. The third kappa shape index (κ3) is 8.46. The van der Waals surface area contributed by atoms with Gasteiger partial charge in [-0.05, 0) is 37.2 Å². The summed E-state index contributed by atoms with van der Waals surface area (Å²) in [5, 5.41) is 12.3. The Bertz CT molecular complexity index is 769. The summed E-state index contributed by atoms with van der Waals surface area (Å²) in [5.74, 6) is -1.15. The largest absolute Gasteiger partial charge is 0.480 e. The van der Waals surface area contributed by atoms with Gasteiger partial charge in [0.15, 0.2) is 0 Å². The molecule has 5 atom stereocenters. The van der Waals surface area contributed by atoms with Crippen molar-refractivity contribution in [2.24, 2.45) is 11.8 Å². The van der Waals surface area contributed by atoms with Crippen LogP contribution in [0.15, 0.2) is 30.3 Å². The highest BCUT2D eigenvalue weighted by molar-refractivity contribution is 5.85. The van der Waals surface area contributed by atoms with Crippen LogP contribution >= 0.6 is 0 Å². The fourth-order valence-electron chi connectivity index (χ4n) is 4.48. The van der Waals surface area contributed by atoms with Crippen LogP contribution in [-0.2, 0) is 25.5 Å². The van der Waals surface area contributed by atoms with Crippen molar-refractivity contribution in [1.82, 2.24) is 10.2 Å². The van der Waals surface area contributed by atoms with E-state index in [1.54, 1.807) is 14.0 Å². The van der Waals surface area contributed by atoms with Gasteiger partial charge in [-0.15, -0.1) is 0 Å². The smallest absolute Gasteiger partial charge is 0.326 e. The van der Waals surface area contributed by atoms with Crippen LogP contribution in [0.25, 0.3) is 0 Å². The number of nitrogens with one attached hydrogen (secondary N) is 1. The Morgan fingerprint density at radius 2 is 1.91 bits per heavy atom. The van der Waals surface area contributed by atoms with Gasteiger partial charge in [0.1, 0.15) is 6.04 Å². The average molecular weight is 461 g/mol. The molecule has 0 aromatic heterocycles. The van der Waals surface area contributed by atoms with Gasteiger partial charge in [-0.2, -0.15) is 0 Å². The molecular formula is C26H40N2O5. The topological polar surface area (TPSA) is 95.9 Å². The number of carboxylic acids is 1. The summed E-state index contributed by atoms with van der Waals surface area (Å²) < 4.78 is 5.56. The summed E-state index contributed by atoms with van der Waals surface area (Å²) in [6.45, 7) is 6.80. The Hall–Kier alpha value is -2.41. The molecule has 1 aromatic rings. The molecule has 7 heteroatoms. The Morgan fingerprint density at radius 3 is 2.52 bits per heavy atom. The number of amides is 2. The number of methoxy groups -OCH3 is 1. The van der Waals surface area contributed by atoms with Crippen LogP contribution in [0.2, 0.25) is 0 Å². The maximum atomic E-state index is 13.0. The zero-order chi connectivity index (χ0) is 24.4. The number of carboxylic acid groups (broad SMARTS) is 1. The number of ether oxygens (including phenoxy) is 1. The number of nitrogens with zero attached hydrogens (tertiary/aromatic N) is 1. The predicted molar refractivity (Wildman–Crippen MR) is 128 cm³/mol. The number of hydrogen-bond acceptors (Lipinski definition) is 4. The molecule has 1 aliphatic heterocycles. The van der Waals surface area contributed by atoms with Gasteiger partial charge < -0.3 is 20.1 Å². The van der Waals surface area contributed by atoms with Gasteiger partial charge in [0.25, 0.3) is 0 Å². The second-order valence-electron chi connectivity index (χ2n) is 9.42. The Kier molecular flexibility index (Phi) is 10.8. The fourth-order valence-corrected chi connectivity index (χ4v) is 4.48. The van der Waals surface area contributed by atoms with Crippen LogP contribution in [0.4, 0.5) is 0 Å². The Morgan fingerprint density at radius 1 is 1.21 bits per heavy atom. The monoisotopic (exact) mass is 460 g/mol. The van der Waals surface area contributed by atoms with E-state index in [4.69, 9.17) is 4.74 Å². The van der Waals surface area contributed by atoms with Crippen LogP contribution < -0.4 is 5.32 Å². The minimum atomic E-state index is -1.05. The number of hydrogen-bond donors (Lipinski definition) is 2. The van der Waals surface area contributed by atoms with Crippen LogP contribution in [0, 0.1) is 11.8 Å². The van der Waals surface area contributed by atoms with Crippen molar-refractivity contribution < 1.29 is 24.2 Å². The molecule has 0 unspecified atom stereocenters. The van der Waals surface area contributed by atoms with Crippen molar-refractivity contribution in [2.75, 3.05) is 13.7 Å². The fraction of sp³-hybridized carbons (Fsp3) is 0.654. The van der Waals surface area contributed by atoms with Gasteiger partial charge in [0.05, 0.1) is 12.5 Å². The molecule has 1 aromatic carbocycles. The first-order chi connectivity index (χ1) is 15.7. The number of aliphatic carboxylic acids is 1. The molecule has 2 rings (SSSR count). The van der Waals surface area contributed by atoms with E-state index in [-0.39, 0.29) is 36.3 Å². The third-order valence-electron chi connectivity index (χ3n) is 6.77. The zero-order valence-corrected chi connectivity index (χ0v) is 20.5. The molecule has 0 bridgehead atoms. The first kappa shape index (κ1) is 26.8. The minimum absolute atomic E-state index is 0.00300. The molecule has 1 fully saturated rings. The lowest BCUT2D eigenvalue weighted by molar-refractivity contribution is -0.142. The van der Waals surface area contributed by atoms with Crippen LogP contribution in [-0.4, -0.2) is 59.6 Å². The highest BCUT2D eigenvalue weighted by Gasteiger charge is 2.33. The molecule has 1 saturated heterocycles. The summed E-state index contributed by atoms with van der Waals surface area (Å²) in [6.07, 6.45) is 4.70. The standard InChI is InChI=1S/C26H40N2O5/c1-5-18(2)14-22(33-4)17-24(29)28-13-9-12-21(28)15-19(3)25(30)27-23(26(31)32)16-20-10-7-6-8-11-20/h6-8,10-11,18-19,21-23H,5,9,12-17H2,1-4H3,(H,27,30)(H,31,32)/t18-,19+,21-,22-,23-/m0/s1. The van der Waals surface area contributed by atoms with E-state index < -0.39 is 12.0 Å². The van der Waals surface area contributed by atoms with Crippen molar-refractivity contribution in [1.29, 1.82) is 0 Å². The molecule has 2 N–H and O–H groups in total. The number of benzene rings is 1. The third-order valence-corrected chi connectivity index (χ3v) is 6.77. The second-order valence-corrected chi connectivity index (χ2v) is 9.42. The van der Waals surface area contributed by atoms with Gasteiger partial charge in [0, 0.05) is 32.0 Å². The molecule has 0 saturated carbocycles. The van der Waals surface area contributed by atoms with Crippen molar-refractivity contribution >= 4 is 17.8 Å². The molecular weight excluding hydrogens is 420 g/mol. The van der Waals surface area contributed by atoms with E-state index in [1.807, 2.05) is 35.2 Å². The van der Waals surface area contributed by atoms with Gasteiger partial charge in [-0.25, -0.2) is 4.79 Å². The van der Waals surface area contributed by atoms with E-state index in [0.717, 1.165) is 31.2 Å². The van der Waals surface area contributed by atoms with E-state index >= 15 is 0 Å². The SMILES string of the molecule is CC[C@H](C)C[C@@H](CC(=O)N1CCC[C@H]1C[C@@H](C)C(=O)N[C@@H](Cc1ccccc1)C(=O)O)OC. The molecule has 0 spiro atoms. The maximum absolute atomic E-state index is 13.0. The van der Waals surface area contributed by atoms with Crippen LogP contribution in [0.5, 0.6) is 0 Å². The van der Waals surface area contributed by atoms with E-state index in [0.29, 0.717) is 25.3 Å². The highest BCUT2D eigenvalue weighted by atomic mass is 16.5. The summed E-state index contributed by atoms with van der Waals surface area (Å²) in [5.41, 5.74) is 0.857. The minimum Gasteiger partial charge on any atom is -0.480 e. The molecule has 33 heavy (non-hydrogen) atoms. The summed E-state index contributed by atoms with van der Waals surface area (Å²) in [4.78, 5) is 39.4. The molecule has 1 aliphatic rings. The van der Waals surface area contributed by atoms with Crippen LogP contribution in [0.1, 0.15) is 64.9 Å². The van der Waals surface area contributed by atoms with Crippen molar-refractivity contribution in [3.05, 3.63) is 35.9 Å². The quantitative estimate of drug-likeness (QED) is 0.468. The van der Waals surface area contributed by atoms with Crippen molar-refractivity contribution in [3.8, 4) is 0 Å². The second kappa shape index (κ2) is 13.3. The lowest BCUT2D eigenvalue weighted by atomic mass is 9.96. The first-order valence-corrected chi connectivity index (χ1v) is 12.1. The zero-order valence-electron chi connectivity index (χ0n) is 20.5. The molecule has 1 heterocycles. The van der Waals surface area contributed by atoms with E-state index in [1.165, 1.54) is 0 Å². The van der Waals surface area contributed by atoms with E-state index in [2.05, 4.69) is 19.2 Å². The van der Waals surface area contributed by atoms with Gasteiger partial charge >= 0.3 is 5.97 Å². The number of carbonyl (C=O) groups is 3. The normalized spacial score (nSPS) is 19.5. The number of likely N-dealkylation sites (tertiary alicyclic amines) is 1. The van der Waals surface area contributed by atoms with Crippen LogP contribution in [0.3, 0.4) is 0 Å². The maximum Gasteiger partial charge on any atom is 0.326 e. The van der Waals surface area contributed by atoms with Gasteiger partial charge in [-0.1, -0.05) is 57.5 Å². The molecule has 0 aliphatic carbocycles. The molecule has 7 nitrogen and oxygen atoms in total. The lowest BCUT2D eigenvalue weighted by Gasteiger charge is -2.29. The van der Waals surface area contributed by atoms with Gasteiger partial charge in [0.2, 0.25) is 11.8 Å². The first-order valence-electron chi connectivity index (χ1n) is 12.1. The highest BCUT2D eigenvalue weighted by Crippen LogP contribution is 2.26. The molecule has 2 amide bonds. The molecule has 0 radical (unpaired) electrons. The Labute approximate surface area is 197 Å². The van der Waals surface area contributed by atoms with Gasteiger partial charge in [-0.3, -0.25) is 9.59 Å². The predicted octanol–water partition coefficient (Wildman–Crippen LogP) is 3.66. The average Bonchev–Trinajstić information content (AvgIpc) is 3.26. The molecule has 184 valence electrons. The van der Waals surface area contributed by atoms with E-state index in [9.17, 15) is 19.5 Å². The summed E-state index contributed by atoms with van der Waals surface area (Å²) >= 11 is 0. The number of carbonyl (C=O) groups excluding carboxylic acids is 2. The summed E-state index contributed by atoms with van der Waals surface area (Å²) in [7, 11) is 1.66.